The number of carbonyl (C=O) groups excluding carboxylic acids is 4. The quantitative estimate of drug-likeness (QED) is 0.0169. The van der Waals surface area contributed by atoms with E-state index in [0.29, 0.717) is 32.1 Å². The highest BCUT2D eigenvalue weighted by Gasteiger charge is 2.30. The molecule has 0 aliphatic rings. The van der Waals surface area contributed by atoms with Gasteiger partial charge in [0.2, 0.25) is 0 Å². The largest absolute Gasteiger partial charge is 0.472 e. The third-order valence-corrected chi connectivity index (χ3v) is 19.5. The predicted octanol–water partition coefficient (Wildman–Crippen LogP) is 24.0. The molecule has 0 fully saturated rings. The van der Waals surface area contributed by atoms with Crippen molar-refractivity contribution in [2.24, 2.45) is 0 Å². The van der Waals surface area contributed by atoms with Crippen molar-refractivity contribution in [3.05, 3.63) is 72.9 Å². The third kappa shape index (κ3) is 74.8. The van der Waals surface area contributed by atoms with E-state index in [1.807, 2.05) is 12.2 Å². The van der Waals surface area contributed by atoms with E-state index in [0.717, 1.165) is 122 Å². The van der Waals surface area contributed by atoms with Gasteiger partial charge < -0.3 is 33.8 Å². The van der Waals surface area contributed by atoms with Gasteiger partial charge in [-0.15, -0.1) is 0 Å². The van der Waals surface area contributed by atoms with Crippen LogP contribution in [0.4, 0.5) is 0 Å². The summed E-state index contributed by atoms with van der Waals surface area (Å²) in [5.74, 6) is -2.23. The van der Waals surface area contributed by atoms with Crippen LogP contribution in [-0.2, 0) is 65.4 Å². The molecule has 17 nitrogen and oxygen atoms in total. The van der Waals surface area contributed by atoms with Crippen molar-refractivity contribution in [2.45, 2.75) is 393 Å². The van der Waals surface area contributed by atoms with Crippen molar-refractivity contribution < 1.29 is 80.2 Å². The SMILES string of the molecule is CCCCC/C=C\C/C=C\C/C=C\C/C=C\CCCC(=O)O[C@H](COC(=O)CCCCCCC/C=C\CCCCCCCC)COP(=O)(O)OC[C@H](O)COP(=O)(O)OC[C@@H](COC(=O)CCCCCCCCCCCCCCCCC)OC(=O)CCCCCCC/C=C\CCCCCCCC. The number of ether oxygens (including phenoxy) is 4. The lowest BCUT2D eigenvalue weighted by atomic mass is 10.0. The van der Waals surface area contributed by atoms with Crippen LogP contribution in [-0.4, -0.2) is 96.7 Å². The van der Waals surface area contributed by atoms with Crippen molar-refractivity contribution >= 4 is 39.5 Å². The average Bonchev–Trinajstić information content (AvgIpc) is 0.917. The minimum Gasteiger partial charge on any atom is -0.462 e. The molecule has 0 saturated carbocycles. The number of aliphatic hydroxyl groups is 1. The lowest BCUT2D eigenvalue weighted by molar-refractivity contribution is -0.161. The van der Waals surface area contributed by atoms with Crippen molar-refractivity contribution in [1.82, 2.24) is 0 Å². The van der Waals surface area contributed by atoms with Crippen molar-refractivity contribution in [2.75, 3.05) is 39.6 Å². The van der Waals surface area contributed by atoms with Gasteiger partial charge in [-0.3, -0.25) is 37.3 Å². The number of carbonyl (C=O) groups is 4. The van der Waals surface area contributed by atoms with Crippen LogP contribution < -0.4 is 0 Å². The number of hydrogen-bond acceptors (Lipinski definition) is 15. The number of esters is 4. The molecule has 0 spiro atoms. The Morgan fingerprint density at radius 3 is 0.804 bits per heavy atom. The van der Waals surface area contributed by atoms with E-state index < -0.39 is 97.5 Å². The van der Waals surface area contributed by atoms with Crippen LogP contribution in [0.25, 0.3) is 0 Å². The maximum absolute atomic E-state index is 13.1. The Labute approximate surface area is 622 Å². The number of phosphoric acid groups is 2. The van der Waals surface area contributed by atoms with E-state index in [9.17, 15) is 43.2 Å². The van der Waals surface area contributed by atoms with Crippen LogP contribution in [0.15, 0.2) is 72.9 Å². The Hall–Kier alpha value is -3.50. The van der Waals surface area contributed by atoms with Gasteiger partial charge >= 0.3 is 39.5 Å². The van der Waals surface area contributed by atoms with Crippen molar-refractivity contribution in [3.63, 3.8) is 0 Å². The van der Waals surface area contributed by atoms with E-state index in [4.69, 9.17) is 37.0 Å². The zero-order valence-electron chi connectivity index (χ0n) is 65.0. The van der Waals surface area contributed by atoms with Crippen molar-refractivity contribution in [1.29, 1.82) is 0 Å². The Balaban J connectivity index is 5.39. The van der Waals surface area contributed by atoms with Crippen LogP contribution in [0.1, 0.15) is 374 Å². The van der Waals surface area contributed by atoms with E-state index >= 15 is 0 Å². The van der Waals surface area contributed by atoms with Gasteiger partial charge in [0.1, 0.15) is 19.3 Å². The Kier molecular flexibility index (Phi) is 73.1. The Bertz CT molecular complexity index is 2210. The normalized spacial score (nSPS) is 14.2. The summed E-state index contributed by atoms with van der Waals surface area (Å²) in [6.45, 7) is 4.83. The number of allylic oxidation sites excluding steroid dienone is 12. The molecular weight excluding hydrogens is 1330 g/mol. The molecule has 102 heavy (non-hydrogen) atoms. The average molecular weight is 1480 g/mol. The first kappa shape index (κ1) is 98.5. The molecule has 0 bridgehead atoms. The monoisotopic (exact) mass is 1480 g/mol. The molecular formula is C83H150O17P2. The number of aliphatic hydroxyl groups excluding tert-OH is 1. The van der Waals surface area contributed by atoms with Gasteiger partial charge in [-0.05, 0) is 116 Å². The fraction of sp³-hybridized carbons (Fsp3) is 0.807. The molecule has 0 amide bonds. The summed E-state index contributed by atoms with van der Waals surface area (Å²) in [5, 5.41) is 10.6. The van der Waals surface area contributed by atoms with Crippen LogP contribution >= 0.6 is 15.6 Å². The van der Waals surface area contributed by atoms with Gasteiger partial charge in [0, 0.05) is 25.7 Å². The molecule has 3 N–H and O–H groups in total. The number of phosphoric ester groups is 2. The van der Waals surface area contributed by atoms with E-state index in [-0.39, 0.29) is 25.7 Å². The molecule has 0 aromatic heterocycles. The summed E-state index contributed by atoms with van der Waals surface area (Å²) < 4.78 is 68.6. The zero-order valence-corrected chi connectivity index (χ0v) is 66.8. The fourth-order valence-corrected chi connectivity index (χ4v) is 12.9. The molecule has 0 aliphatic heterocycles. The van der Waals surface area contributed by atoms with Gasteiger partial charge in [0.15, 0.2) is 12.2 Å². The maximum Gasteiger partial charge on any atom is 0.472 e. The summed E-state index contributed by atoms with van der Waals surface area (Å²) in [6.07, 6.45) is 77.4. The first-order valence-electron chi connectivity index (χ1n) is 41.2. The van der Waals surface area contributed by atoms with Gasteiger partial charge in [-0.25, -0.2) is 9.13 Å². The number of rotatable bonds is 78. The van der Waals surface area contributed by atoms with Gasteiger partial charge in [-0.1, -0.05) is 306 Å². The Morgan fingerprint density at radius 2 is 0.490 bits per heavy atom. The summed E-state index contributed by atoms with van der Waals surface area (Å²) in [4.78, 5) is 73.0. The highest BCUT2D eigenvalue weighted by Crippen LogP contribution is 2.45. The molecule has 0 aliphatic carbocycles. The second kappa shape index (κ2) is 75.7. The highest BCUT2D eigenvalue weighted by molar-refractivity contribution is 7.47. The summed E-state index contributed by atoms with van der Waals surface area (Å²) in [5.41, 5.74) is 0. The van der Waals surface area contributed by atoms with E-state index in [1.165, 1.54) is 167 Å². The predicted molar refractivity (Wildman–Crippen MR) is 418 cm³/mol. The number of unbranched alkanes of at least 4 members (excludes halogenated alkanes) is 40. The molecule has 5 atom stereocenters. The first-order valence-corrected chi connectivity index (χ1v) is 44.2. The fourth-order valence-electron chi connectivity index (χ4n) is 11.3. The zero-order chi connectivity index (χ0) is 74.6. The molecule has 0 rings (SSSR count). The lowest BCUT2D eigenvalue weighted by Crippen LogP contribution is -2.30. The van der Waals surface area contributed by atoms with Crippen molar-refractivity contribution in [3.8, 4) is 0 Å². The summed E-state index contributed by atoms with van der Waals surface area (Å²) >= 11 is 0. The van der Waals surface area contributed by atoms with E-state index in [1.54, 1.807) is 0 Å². The van der Waals surface area contributed by atoms with Gasteiger partial charge in [0.05, 0.1) is 26.4 Å². The highest BCUT2D eigenvalue weighted by atomic mass is 31.2. The molecule has 0 aromatic rings. The van der Waals surface area contributed by atoms with Gasteiger partial charge in [0.25, 0.3) is 0 Å². The molecule has 0 radical (unpaired) electrons. The first-order chi connectivity index (χ1) is 49.7. The molecule has 594 valence electrons. The second-order valence-corrected chi connectivity index (χ2v) is 30.6. The third-order valence-electron chi connectivity index (χ3n) is 17.6. The van der Waals surface area contributed by atoms with Crippen LogP contribution in [0.5, 0.6) is 0 Å². The second-order valence-electron chi connectivity index (χ2n) is 27.7. The lowest BCUT2D eigenvalue weighted by Gasteiger charge is -2.21. The van der Waals surface area contributed by atoms with E-state index in [2.05, 4.69) is 88.5 Å². The van der Waals surface area contributed by atoms with Crippen LogP contribution in [0, 0.1) is 0 Å². The molecule has 0 aromatic carbocycles. The molecule has 2 unspecified atom stereocenters. The number of hydrogen-bond donors (Lipinski definition) is 3. The smallest absolute Gasteiger partial charge is 0.462 e. The molecule has 0 heterocycles. The van der Waals surface area contributed by atoms with Gasteiger partial charge in [-0.2, -0.15) is 0 Å². The minimum atomic E-state index is -4.99. The standard InChI is InChI=1S/C83H150O17P2/c1-5-9-13-17-21-25-29-33-37-38-42-46-50-54-58-62-66-70-83(88)100-79(74-94-81(86)68-64-60-56-52-48-44-40-35-31-27-23-19-15-11-7-3)76-98-102(91,92)96-72-77(84)71-95-101(89,90)97-75-78(99-82(87)69-65-61-57-53-49-45-41-36-32-28-24-20-16-12-8-4)73-93-80(85)67-63-59-55-51-47-43-39-34-30-26-22-18-14-10-6-2/h21,25,33,35-37,40-42,46,54,58,77-79,84H,5-20,22-24,26-32,34,38-39,43-45,47-53,55-57,59-76H2,1-4H3,(H,89,90)(H,91,92)/b25-21-,37-33-,40-35-,41-36-,46-42-,58-54-/t77-,78-,79-/m1/s1. The maximum atomic E-state index is 13.1. The summed E-state index contributed by atoms with van der Waals surface area (Å²) in [6, 6.07) is 0. The van der Waals surface area contributed by atoms with Crippen LogP contribution in [0.3, 0.4) is 0 Å². The Morgan fingerprint density at radius 1 is 0.275 bits per heavy atom. The minimum absolute atomic E-state index is 0.0202. The van der Waals surface area contributed by atoms with Crippen LogP contribution in [0.2, 0.25) is 0 Å². The summed E-state index contributed by atoms with van der Waals surface area (Å²) in [7, 11) is -9.97. The molecule has 0 saturated heterocycles. The molecule has 19 heteroatoms. The topological polar surface area (TPSA) is 237 Å².